The van der Waals surface area contributed by atoms with Crippen LogP contribution in [0, 0.1) is 20.8 Å². The molecule has 2 aromatic rings. The summed E-state index contributed by atoms with van der Waals surface area (Å²) in [5, 5.41) is 0. The molecule has 0 aliphatic heterocycles. The van der Waals surface area contributed by atoms with Crippen LogP contribution in [0.1, 0.15) is 28.1 Å². The number of hydrogen-bond acceptors (Lipinski definition) is 2. The lowest BCUT2D eigenvalue weighted by molar-refractivity contribution is 0.711. The van der Waals surface area contributed by atoms with Gasteiger partial charge >= 0.3 is 0 Å². The van der Waals surface area contributed by atoms with Crippen LogP contribution in [0.3, 0.4) is 0 Å². The Labute approximate surface area is 109 Å². The fourth-order valence-electron chi connectivity index (χ4n) is 2.47. The first-order chi connectivity index (χ1) is 8.61. The average molecular weight is 243 g/mol. The van der Waals surface area contributed by atoms with Crippen LogP contribution in [0.2, 0.25) is 0 Å². The third-order valence-electron chi connectivity index (χ3n) is 3.34. The molecule has 18 heavy (non-hydrogen) atoms. The molecule has 0 unspecified atom stereocenters. The standard InChI is InChI=1S/C15H21N3/c1-11-8-12(2)14(13(3)9-11)10-18-7-6-17-15(18)4-5-16/h6-9H,4-5,10,16H2,1-3H3. The second-order valence-electron chi connectivity index (χ2n) is 4.89. The van der Waals surface area contributed by atoms with Crippen molar-refractivity contribution in [2.45, 2.75) is 33.7 Å². The van der Waals surface area contributed by atoms with Crippen molar-refractivity contribution < 1.29 is 0 Å². The zero-order valence-corrected chi connectivity index (χ0v) is 11.4. The van der Waals surface area contributed by atoms with E-state index in [0.29, 0.717) is 6.54 Å². The number of aryl methyl sites for hydroxylation is 3. The Morgan fingerprint density at radius 1 is 1.17 bits per heavy atom. The summed E-state index contributed by atoms with van der Waals surface area (Å²) in [5.41, 5.74) is 11.0. The third-order valence-corrected chi connectivity index (χ3v) is 3.34. The van der Waals surface area contributed by atoms with E-state index in [1.807, 2.05) is 12.4 Å². The van der Waals surface area contributed by atoms with Crippen LogP contribution < -0.4 is 5.73 Å². The van der Waals surface area contributed by atoms with Gasteiger partial charge in [-0.15, -0.1) is 0 Å². The van der Waals surface area contributed by atoms with Crippen molar-refractivity contribution >= 4 is 0 Å². The van der Waals surface area contributed by atoms with Gasteiger partial charge in [0.2, 0.25) is 0 Å². The average Bonchev–Trinajstić information content (AvgIpc) is 2.71. The maximum absolute atomic E-state index is 5.61. The number of rotatable bonds is 4. The van der Waals surface area contributed by atoms with E-state index in [1.165, 1.54) is 22.3 Å². The van der Waals surface area contributed by atoms with Crippen LogP contribution in [0.25, 0.3) is 0 Å². The van der Waals surface area contributed by atoms with E-state index in [2.05, 4.69) is 42.5 Å². The first-order valence-electron chi connectivity index (χ1n) is 6.38. The summed E-state index contributed by atoms with van der Waals surface area (Å²) in [4.78, 5) is 4.36. The molecule has 2 rings (SSSR count). The number of hydrogen-bond donors (Lipinski definition) is 1. The third kappa shape index (κ3) is 2.62. The fraction of sp³-hybridized carbons (Fsp3) is 0.400. The summed E-state index contributed by atoms with van der Waals surface area (Å²) in [5.74, 6) is 1.07. The molecule has 0 saturated carbocycles. The minimum atomic E-state index is 0.642. The Bertz CT molecular complexity index is 517. The van der Waals surface area contributed by atoms with E-state index in [-0.39, 0.29) is 0 Å². The number of nitrogens with zero attached hydrogens (tertiary/aromatic N) is 2. The zero-order valence-electron chi connectivity index (χ0n) is 11.4. The summed E-state index contributed by atoms with van der Waals surface area (Å²) in [6, 6.07) is 4.48. The van der Waals surface area contributed by atoms with Gasteiger partial charge in [0.25, 0.3) is 0 Å². The summed E-state index contributed by atoms with van der Waals surface area (Å²) in [6.07, 6.45) is 4.71. The summed E-state index contributed by atoms with van der Waals surface area (Å²) >= 11 is 0. The lowest BCUT2D eigenvalue weighted by atomic mass is 10.00. The Morgan fingerprint density at radius 2 is 1.83 bits per heavy atom. The van der Waals surface area contributed by atoms with E-state index in [1.54, 1.807) is 0 Å². The van der Waals surface area contributed by atoms with Crippen molar-refractivity contribution in [2.75, 3.05) is 6.54 Å². The van der Waals surface area contributed by atoms with E-state index in [4.69, 9.17) is 5.73 Å². The summed E-state index contributed by atoms with van der Waals surface area (Å²) in [7, 11) is 0. The molecule has 0 amide bonds. The molecule has 0 spiro atoms. The van der Waals surface area contributed by atoms with Crippen molar-refractivity contribution in [1.82, 2.24) is 9.55 Å². The normalized spacial score (nSPS) is 10.9. The summed E-state index contributed by atoms with van der Waals surface area (Å²) < 4.78 is 2.19. The molecule has 0 bridgehead atoms. The Balaban J connectivity index is 2.31. The number of nitrogens with two attached hydrogens (primary N) is 1. The van der Waals surface area contributed by atoms with Crippen LogP contribution >= 0.6 is 0 Å². The van der Waals surface area contributed by atoms with Gasteiger partial charge in [-0.25, -0.2) is 4.98 Å². The first-order valence-corrected chi connectivity index (χ1v) is 6.38. The van der Waals surface area contributed by atoms with E-state index in [0.717, 1.165) is 18.8 Å². The minimum Gasteiger partial charge on any atom is -0.330 e. The van der Waals surface area contributed by atoms with Crippen LogP contribution in [-0.2, 0) is 13.0 Å². The molecule has 1 heterocycles. The number of aromatic nitrogens is 2. The van der Waals surface area contributed by atoms with Crippen molar-refractivity contribution in [3.63, 3.8) is 0 Å². The molecule has 2 N–H and O–H groups in total. The van der Waals surface area contributed by atoms with E-state index >= 15 is 0 Å². The number of imidazole rings is 1. The van der Waals surface area contributed by atoms with Gasteiger partial charge in [-0.3, -0.25) is 0 Å². The number of benzene rings is 1. The van der Waals surface area contributed by atoms with Gasteiger partial charge in [0.1, 0.15) is 5.82 Å². The van der Waals surface area contributed by atoms with E-state index < -0.39 is 0 Å². The highest BCUT2D eigenvalue weighted by molar-refractivity contribution is 5.37. The molecule has 1 aromatic carbocycles. The molecular formula is C15H21N3. The monoisotopic (exact) mass is 243 g/mol. The molecule has 96 valence electrons. The molecule has 0 aliphatic carbocycles. The topological polar surface area (TPSA) is 43.8 Å². The SMILES string of the molecule is Cc1cc(C)c(Cn2ccnc2CCN)c(C)c1. The van der Waals surface area contributed by atoms with Crippen molar-refractivity contribution in [2.24, 2.45) is 5.73 Å². The molecule has 0 aliphatic rings. The lowest BCUT2D eigenvalue weighted by Crippen LogP contribution is -2.11. The molecule has 0 atom stereocenters. The molecule has 0 fully saturated rings. The highest BCUT2D eigenvalue weighted by Crippen LogP contribution is 2.18. The van der Waals surface area contributed by atoms with Crippen molar-refractivity contribution in [1.29, 1.82) is 0 Å². The van der Waals surface area contributed by atoms with Gasteiger partial charge < -0.3 is 10.3 Å². The van der Waals surface area contributed by atoms with Gasteiger partial charge in [-0.1, -0.05) is 17.7 Å². The fourth-order valence-corrected chi connectivity index (χ4v) is 2.47. The van der Waals surface area contributed by atoms with Gasteiger partial charge in [0.15, 0.2) is 0 Å². The lowest BCUT2D eigenvalue weighted by Gasteiger charge is -2.13. The largest absolute Gasteiger partial charge is 0.330 e. The van der Waals surface area contributed by atoms with Gasteiger partial charge in [-0.2, -0.15) is 0 Å². The molecule has 3 heteroatoms. The quantitative estimate of drug-likeness (QED) is 0.896. The molecule has 3 nitrogen and oxygen atoms in total. The molecule has 1 aromatic heterocycles. The Kier molecular flexibility index (Phi) is 3.82. The highest BCUT2D eigenvalue weighted by Gasteiger charge is 2.07. The predicted molar refractivity (Wildman–Crippen MR) is 74.7 cm³/mol. The predicted octanol–water partition coefficient (Wildman–Crippen LogP) is 2.36. The van der Waals surface area contributed by atoms with Gasteiger partial charge in [0, 0.05) is 25.4 Å². The highest BCUT2D eigenvalue weighted by atomic mass is 15.1. The smallest absolute Gasteiger partial charge is 0.110 e. The van der Waals surface area contributed by atoms with E-state index in [9.17, 15) is 0 Å². The Hall–Kier alpha value is -1.61. The maximum atomic E-state index is 5.61. The van der Waals surface area contributed by atoms with Crippen molar-refractivity contribution in [3.05, 3.63) is 52.6 Å². The minimum absolute atomic E-state index is 0.642. The Morgan fingerprint density at radius 3 is 2.44 bits per heavy atom. The van der Waals surface area contributed by atoms with Crippen LogP contribution in [-0.4, -0.2) is 16.1 Å². The molecule has 0 saturated heterocycles. The van der Waals surface area contributed by atoms with Crippen LogP contribution in [0.4, 0.5) is 0 Å². The van der Waals surface area contributed by atoms with Crippen LogP contribution in [0.5, 0.6) is 0 Å². The van der Waals surface area contributed by atoms with Crippen LogP contribution in [0.15, 0.2) is 24.5 Å². The summed E-state index contributed by atoms with van der Waals surface area (Å²) in [6.45, 7) is 8.01. The first kappa shape index (κ1) is 12.8. The second kappa shape index (κ2) is 5.36. The van der Waals surface area contributed by atoms with Gasteiger partial charge in [-0.05, 0) is 44.0 Å². The maximum Gasteiger partial charge on any atom is 0.110 e. The second-order valence-corrected chi connectivity index (χ2v) is 4.89. The van der Waals surface area contributed by atoms with Crippen molar-refractivity contribution in [3.8, 4) is 0 Å². The van der Waals surface area contributed by atoms with Gasteiger partial charge in [0.05, 0.1) is 0 Å². The zero-order chi connectivity index (χ0) is 13.1. The molecule has 0 radical (unpaired) electrons. The molecular weight excluding hydrogens is 222 g/mol.